The molecule has 19 heavy (non-hydrogen) atoms. The highest BCUT2D eigenvalue weighted by Gasteiger charge is 2.48. The highest BCUT2D eigenvalue weighted by Crippen LogP contribution is 2.38. The van der Waals surface area contributed by atoms with Crippen molar-refractivity contribution < 1.29 is 14.9 Å². The Labute approximate surface area is 119 Å². The average Bonchev–Trinajstić information content (AvgIpc) is 2.80. The second-order valence-corrected chi connectivity index (χ2v) is 6.32. The fraction of sp³-hybridized carbons (Fsp3) is 0.923. The van der Waals surface area contributed by atoms with E-state index >= 15 is 0 Å². The maximum absolute atomic E-state index is 10.2. The fourth-order valence-corrected chi connectivity index (χ4v) is 3.78. The van der Waals surface area contributed by atoms with Gasteiger partial charge >= 0.3 is 0 Å². The van der Waals surface area contributed by atoms with Gasteiger partial charge in [-0.25, -0.2) is 0 Å². The molecule has 1 saturated heterocycles. The second-order valence-electron chi connectivity index (χ2n) is 5.25. The molecule has 0 aromatic carbocycles. The van der Waals surface area contributed by atoms with Gasteiger partial charge in [0.15, 0.2) is 5.17 Å². The number of thioether (sulfide) groups is 1. The van der Waals surface area contributed by atoms with E-state index in [1.807, 2.05) is 14.0 Å². The van der Waals surface area contributed by atoms with Gasteiger partial charge in [-0.3, -0.25) is 4.99 Å². The molecule has 5 nitrogen and oxygen atoms in total. The fourth-order valence-electron chi connectivity index (χ4n) is 2.56. The number of rotatable bonds is 4. The molecule has 0 saturated carbocycles. The van der Waals surface area contributed by atoms with Crippen LogP contribution in [-0.2, 0) is 4.74 Å². The first-order valence-electron chi connectivity index (χ1n) is 7.05. The maximum atomic E-state index is 10.2. The van der Waals surface area contributed by atoms with E-state index in [4.69, 9.17) is 4.74 Å². The standard InChI is InChI=1S/C13H24N2O3S/c1-4-6-8-10(16)11(17)9-12(18-8)19-13(14-9)15(3)7-5-2/h8-12,16-17H,4-7H2,1-3H3/t8?,9-,10-,11?,12-/m1/s1. The van der Waals surface area contributed by atoms with Gasteiger partial charge in [0.2, 0.25) is 0 Å². The number of aliphatic hydroxyl groups is 2. The van der Waals surface area contributed by atoms with Crippen molar-refractivity contribution in [1.82, 2.24) is 4.90 Å². The van der Waals surface area contributed by atoms with Gasteiger partial charge < -0.3 is 19.8 Å². The summed E-state index contributed by atoms with van der Waals surface area (Å²) in [6.07, 6.45) is 0.814. The monoisotopic (exact) mass is 288 g/mol. The van der Waals surface area contributed by atoms with Gasteiger partial charge in [0.1, 0.15) is 23.7 Å². The molecule has 0 aromatic heterocycles. The predicted molar refractivity (Wildman–Crippen MR) is 77.3 cm³/mol. The maximum Gasteiger partial charge on any atom is 0.162 e. The Morgan fingerprint density at radius 3 is 2.63 bits per heavy atom. The number of nitrogens with zero attached hydrogens (tertiary/aromatic N) is 2. The van der Waals surface area contributed by atoms with Crippen LogP contribution in [0.4, 0.5) is 0 Å². The smallest absolute Gasteiger partial charge is 0.162 e. The van der Waals surface area contributed by atoms with Crippen LogP contribution in [0.2, 0.25) is 0 Å². The van der Waals surface area contributed by atoms with Gasteiger partial charge in [-0.05, 0) is 12.8 Å². The lowest BCUT2D eigenvalue weighted by atomic mass is 9.96. The average molecular weight is 288 g/mol. The lowest BCUT2D eigenvalue weighted by molar-refractivity contribution is -0.154. The number of ether oxygens (including phenoxy) is 1. The molecule has 5 atom stereocenters. The third-order valence-corrected chi connectivity index (χ3v) is 4.86. The van der Waals surface area contributed by atoms with Gasteiger partial charge in [-0.15, -0.1) is 0 Å². The van der Waals surface area contributed by atoms with E-state index < -0.39 is 12.2 Å². The van der Waals surface area contributed by atoms with Crippen molar-refractivity contribution in [3.8, 4) is 0 Å². The van der Waals surface area contributed by atoms with Crippen LogP contribution in [0.5, 0.6) is 0 Å². The Bertz CT molecular complexity index is 340. The summed E-state index contributed by atoms with van der Waals surface area (Å²) in [5.41, 5.74) is -0.163. The highest BCUT2D eigenvalue weighted by molar-refractivity contribution is 8.14. The van der Waals surface area contributed by atoms with Gasteiger partial charge in [0, 0.05) is 13.6 Å². The van der Waals surface area contributed by atoms with Crippen molar-refractivity contribution >= 4 is 16.9 Å². The molecule has 110 valence electrons. The second kappa shape index (κ2) is 6.43. The Morgan fingerprint density at radius 2 is 2.00 bits per heavy atom. The largest absolute Gasteiger partial charge is 0.388 e. The minimum atomic E-state index is -0.832. The third-order valence-electron chi connectivity index (χ3n) is 3.61. The molecular weight excluding hydrogens is 264 g/mol. The Kier molecular flexibility index (Phi) is 5.11. The van der Waals surface area contributed by atoms with Gasteiger partial charge in [-0.2, -0.15) is 0 Å². The number of aliphatic hydroxyl groups excluding tert-OH is 2. The summed E-state index contributed by atoms with van der Waals surface area (Å²) in [6, 6.07) is -0.345. The van der Waals surface area contributed by atoms with E-state index in [1.165, 1.54) is 0 Å². The highest BCUT2D eigenvalue weighted by atomic mass is 32.2. The van der Waals surface area contributed by atoms with E-state index in [0.717, 1.165) is 31.0 Å². The first kappa shape index (κ1) is 15.1. The molecule has 0 bridgehead atoms. The topological polar surface area (TPSA) is 65.3 Å². The Hall–Kier alpha value is -0.300. The molecule has 2 N–H and O–H groups in total. The predicted octanol–water partition coefficient (Wildman–Crippen LogP) is 1.05. The summed E-state index contributed by atoms with van der Waals surface area (Å²) in [7, 11) is 2.00. The number of hydrogen-bond donors (Lipinski definition) is 2. The summed E-state index contributed by atoms with van der Waals surface area (Å²) < 4.78 is 5.90. The van der Waals surface area contributed by atoms with Crippen molar-refractivity contribution in [2.45, 2.75) is 62.9 Å². The zero-order valence-corrected chi connectivity index (χ0v) is 12.6. The van der Waals surface area contributed by atoms with Crippen LogP contribution in [-0.4, -0.2) is 63.7 Å². The molecule has 1 fully saturated rings. The van der Waals surface area contributed by atoms with E-state index in [0.29, 0.717) is 0 Å². The van der Waals surface area contributed by atoms with Crippen LogP contribution < -0.4 is 0 Å². The van der Waals surface area contributed by atoms with Crippen LogP contribution in [0.25, 0.3) is 0 Å². The number of fused-ring (bicyclic) bond motifs is 1. The number of aliphatic imine (C=N–C) groups is 1. The van der Waals surface area contributed by atoms with Crippen LogP contribution in [0.1, 0.15) is 33.1 Å². The van der Waals surface area contributed by atoms with Crippen LogP contribution in [0, 0.1) is 0 Å². The first-order chi connectivity index (χ1) is 9.08. The summed E-state index contributed by atoms with van der Waals surface area (Å²) in [4.78, 5) is 6.61. The molecule has 0 aromatic rings. The minimum Gasteiger partial charge on any atom is -0.388 e. The molecule has 2 heterocycles. The molecule has 2 aliphatic rings. The first-order valence-corrected chi connectivity index (χ1v) is 7.93. The lowest BCUT2D eigenvalue weighted by Crippen LogP contribution is -2.54. The quantitative estimate of drug-likeness (QED) is 0.809. The molecule has 0 aliphatic carbocycles. The number of hydrogen-bond acceptors (Lipinski definition) is 6. The van der Waals surface area contributed by atoms with Crippen molar-refractivity contribution in [2.24, 2.45) is 4.99 Å². The van der Waals surface area contributed by atoms with Crippen LogP contribution >= 0.6 is 11.8 Å². The molecular formula is C13H24N2O3S. The molecule has 2 aliphatic heterocycles. The minimum absolute atomic E-state index is 0.163. The van der Waals surface area contributed by atoms with Crippen molar-refractivity contribution in [1.29, 1.82) is 0 Å². The zero-order valence-electron chi connectivity index (χ0n) is 11.8. The third kappa shape index (κ3) is 3.07. The van der Waals surface area contributed by atoms with Crippen molar-refractivity contribution in [3.63, 3.8) is 0 Å². The SMILES string of the molecule is CCCC1O[C@@H]2SC(N(C)CCC)=N[C@@H]2C(O)[C@@H]1O. The summed E-state index contributed by atoms with van der Waals surface area (Å²) in [5.74, 6) is 0. The van der Waals surface area contributed by atoms with E-state index in [9.17, 15) is 10.2 Å². The van der Waals surface area contributed by atoms with Crippen molar-refractivity contribution in [2.75, 3.05) is 13.6 Å². The number of amidine groups is 1. The molecule has 0 radical (unpaired) electrons. The lowest BCUT2D eigenvalue weighted by Gasteiger charge is -2.38. The zero-order chi connectivity index (χ0) is 14.0. The molecule has 2 unspecified atom stereocenters. The summed E-state index contributed by atoms with van der Waals surface area (Å²) in [6.45, 7) is 5.10. The van der Waals surface area contributed by atoms with E-state index in [2.05, 4.69) is 16.8 Å². The Morgan fingerprint density at radius 1 is 1.26 bits per heavy atom. The normalized spacial score (nSPS) is 37.9. The van der Waals surface area contributed by atoms with E-state index in [1.54, 1.807) is 11.8 Å². The molecule has 6 heteroatoms. The molecule has 2 rings (SSSR count). The summed E-state index contributed by atoms with van der Waals surface area (Å²) in [5, 5.41) is 21.2. The van der Waals surface area contributed by atoms with Gasteiger partial charge in [0.05, 0.1) is 6.10 Å². The van der Waals surface area contributed by atoms with Crippen LogP contribution in [0.15, 0.2) is 4.99 Å². The summed E-state index contributed by atoms with van der Waals surface area (Å²) >= 11 is 1.56. The van der Waals surface area contributed by atoms with Gasteiger partial charge in [-0.1, -0.05) is 32.0 Å². The van der Waals surface area contributed by atoms with Crippen LogP contribution in [0.3, 0.4) is 0 Å². The molecule has 0 spiro atoms. The Balaban J connectivity index is 2.05. The molecule has 0 amide bonds. The van der Waals surface area contributed by atoms with Gasteiger partial charge in [0.25, 0.3) is 0 Å². The van der Waals surface area contributed by atoms with Crippen molar-refractivity contribution in [3.05, 3.63) is 0 Å². The van der Waals surface area contributed by atoms with E-state index in [-0.39, 0.29) is 17.6 Å².